The third kappa shape index (κ3) is 6.09. The summed E-state index contributed by atoms with van der Waals surface area (Å²) in [5.74, 6) is -1.15. The third-order valence-electron chi connectivity index (χ3n) is 4.81. The molecule has 2 heterocycles. The molecule has 0 saturated carbocycles. The Morgan fingerprint density at radius 3 is 2.67 bits per heavy atom. The van der Waals surface area contributed by atoms with Crippen LogP contribution in [-0.2, 0) is 14.3 Å². The van der Waals surface area contributed by atoms with Crippen LogP contribution in [-0.4, -0.2) is 69.8 Å². The molecule has 2 aromatic rings. The number of ether oxygens (including phenoxy) is 2. The predicted molar refractivity (Wildman–Crippen MR) is 114 cm³/mol. The molecule has 0 bridgehead atoms. The molecular formula is C21H26FN3O4S. The highest BCUT2D eigenvalue weighted by atomic mass is 32.1. The standard InChI is InChI=1S/C21H26FN3O4S/c1-28-21(27)19-17(15-3-5-16(22)6-4-15)14-30-20(19)24-18(26)13-23-7-2-8-25-9-11-29-12-10-25/h3-6,14,23H,2,7-13H2,1H3,(H,24,26). The van der Waals surface area contributed by atoms with Gasteiger partial charge >= 0.3 is 5.97 Å². The van der Waals surface area contributed by atoms with Gasteiger partial charge in [-0.3, -0.25) is 9.69 Å². The number of anilines is 1. The Morgan fingerprint density at radius 2 is 1.97 bits per heavy atom. The molecule has 0 radical (unpaired) electrons. The van der Waals surface area contributed by atoms with E-state index in [2.05, 4.69) is 15.5 Å². The van der Waals surface area contributed by atoms with Crippen molar-refractivity contribution in [3.05, 3.63) is 41.0 Å². The topological polar surface area (TPSA) is 79.9 Å². The van der Waals surface area contributed by atoms with E-state index in [9.17, 15) is 14.0 Å². The fraction of sp³-hybridized carbons (Fsp3) is 0.429. The summed E-state index contributed by atoms with van der Waals surface area (Å²) in [7, 11) is 1.29. The maximum atomic E-state index is 13.2. The van der Waals surface area contributed by atoms with E-state index in [-0.39, 0.29) is 23.8 Å². The molecule has 0 unspecified atom stereocenters. The van der Waals surface area contributed by atoms with Crippen molar-refractivity contribution in [1.82, 2.24) is 10.2 Å². The van der Waals surface area contributed by atoms with Gasteiger partial charge in [-0.15, -0.1) is 11.3 Å². The molecule has 0 spiro atoms. The summed E-state index contributed by atoms with van der Waals surface area (Å²) in [6, 6.07) is 5.83. The molecule has 7 nitrogen and oxygen atoms in total. The minimum atomic E-state index is -0.552. The number of nitrogens with zero attached hydrogens (tertiary/aromatic N) is 1. The molecular weight excluding hydrogens is 409 g/mol. The van der Waals surface area contributed by atoms with Crippen LogP contribution in [0.3, 0.4) is 0 Å². The zero-order valence-corrected chi connectivity index (χ0v) is 17.7. The van der Waals surface area contributed by atoms with Crippen molar-refractivity contribution in [2.75, 3.05) is 58.4 Å². The zero-order valence-electron chi connectivity index (χ0n) is 16.9. The number of hydrogen-bond donors (Lipinski definition) is 2. The van der Waals surface area contributed by atoms with Crippen molar-refractivity contribution in [2.45, 2.75) is 6.42 Å². The Morgan fingerprint density at radius 1 is 1.23 bits per heavy atom. The molecule has 0 aliphatic carbocycles. The van der Waals surface area contributed by atoms with Crippen LogP contribution in [0.1, 0.15) is 16.8 Å². The smallest absolute Gasteiger partial charge is 0.341 e. The van der Waals surface area contributed by atoms with Gasteiger partial charge in [0.15, 0.2) is 0 Å². The first-order valence-corrected chi connectivity index (χ1v) is 10.7. The fourth-order valence-corrected chi connectivity index (χ4v) is 4.20. The van der Waals surface area contributed by atoms with Crippen LogP contribution < -0.4 is 10.6 Å². The third-order valence-corrected chi connectivity index (χ3v) is 5.70. The Labute approximate surface area is 179 Å². The van der Waals surface area contributed by atoms with Crippen LogP contribution in [0.15, 0.2) is 29.6 Å². The Bertz CT molecular complexity index is 850. The summed E-state index contributed by atoms with van der Waals surface area (Å²) >= 11 is 1.24. The summed E-state index contributed by atoms with van der Waals surface area (Å²) in [4.78, 5) is 27.0. The van der Waals surface area contributed by atoms with Gasteiger partial charge in [0.05, 0.1) is 26.9 Å². The normalized spacial score (nSPS) is 14.5. The summed E-state index contributed by atoms with van der Waals surface area (Å²) in [5.41, 5.74) is 1.55. The SMILES string of the molecule is COC(=O)c1c(-c2ccc(F)cc2)csc1NC(=O)CNCCCN1CCOCC1. The molecule has 1 aliphatic heterocycles. The van der Waals surface area contributed by atoms with Gasteiger partial charge in [0.1, 0.15) is 16.4 Å². The van der Waals surface area contributed by atoms with E-state index in [0.29, 0.717) is 16.1 Å². The number of halogens is 1. The number of methoxy groups -OCH3 is 1. The van der Waals surface area contributed by atoms with Gasteiger partial charge in [-0.2, -0.15) is 0 Å². The molecule has 30 heavy (non-hydrogen) atoms. The maximum absolute atomic E-state index is 13.2. The first kappa shape index (κ1) is 22.4. The molecule has 1 fully saturated rings. The number of benzene rings is 1. The highest BCUT2D eigenvalue weighted by molar-refractivity contribution is 7.15. The van der Waals surface area contributed by atoms with Crippen LogP contribution in [0.2, 0.25) is 0 Å². The number of esters is 1. The molecule has 2 N–H and O–H groups in total. The van der Waals surface area contributed by atoms with Gasteiger partial charge < -0.3 is 20.1 Å². The number of hydrogen-bond acceptors (Lipinski definition) is 7. The van der Waals surface area contributed by atoms with E-state index in [0.717, 1.165) is 45.8 Å². The lowest BCUT2D eigenvalue weighted by molar-refractivity contribution is -0.115. The molecule has 1 saturated heterocycles. The second kappa shape index (κ2) is 11.2. The first-order valence-electron chi connectivity index (χ1n) is 9.85. The predicted octanol–water partition coefficient (Wildman–Crippen LogP) is 2.59. The van der Waals surface area contributed by atoms with Gasteiger partial charge in [0.2, 0.25) is 5.91 Å². The maximum Gasteiger partial charge on any atom is 0.341 e. The second-order valence-electron chi connectivity index (χ2n) is 6.88. The van der Waals surface area contributed by atoms with E-state index in [1.807, 2.05) is 0 Å². The van der Waals surface area contributed by atoms with Crippen molar-refractivity contribution in [2.24, 2.45) is 0 Å². The lowest BCUT2D eigenvalue weighted by Gasteiger charge is -2.26. The van der Waals surface area contributed by atoms with E-state index in [1.54, 1.807) is 17.5 Å². The minimum absolute atomic E-state index is 0.146. The fourth-order valence-electron chi connectivity index (χ4n) is 3.22. The summed E-state index contributed by atoms with van der Waals surface area (Å²) < 4.78 is 23.4. The number of rotatable bonds is 9. The molecule has 9 heteroatoms. The van der Waals surface area contributed by atoms with Crippen molar-refractivity contribution in [3.63, 3.8) is 0 Å². The van der Waals surface area contributed by atoms with E-state index in [1.165, 1.54) is 30.6 Å². The van der Waals surface area contributed by atoms with Crippen molar-refractivity contribution in [3.8, 4) is 11.1 Å². The summed E-state index contributed by atoms with van der Waals surface area (Å²) in [5, 5.41) is 8.08. The van der Waals surface area contributed by atoms with E-state index in [4.69, 9.17) is 9.47 Å². The lowest BCUT2D eigenvalue weighted by atomic mass is 10.0. The zero-order chi connectivity index (χ0) is 21.3. The van der Waals surface area contributed by atoms with Crippen molar-refractivity contribution in [1.29, 1.82) is 0 Å². The molecule has 0 atom stereocenters. The Kier molecular flexibility index (Phi) is 8.32. The molecule has 1 aromatic heterocycles. The Hall–Kier alpha value is -2.33. The molecule has 1 amide bonds. The van der Waals surface area contributed by atoms with Crippen LogP contribution in [0.4, 0.5) is 9.39 Å². The number of thiophene rings is 1. The highest BCUT2D eigenvalue weighted by Crippen LogP contribution is 2.36. The quantitative estimate of drug-likeness (QED) is 0.466. The van der Waals surface area contributed by atoms with Crippen LogP contribution in [0.25, 0.3) is 11.1 Å². The second-order valence-corrected chi connectivity index (χ2v) is 7.76. The Balaban J connectivity index is 1.54. The molecule has 1 aromatic carbocycles. The van der Waals surface area contributed by atoms with Gasteiger partial charge in [0.25, 0.3) is 0 Å². The monoisotopic (exact) mass is 435 g/mol. The lowest BCUT2D eigenvalue weighted by Crippen LogP contribution is -2.38. The molecule has 1 aliphatic rings. The number of carbonyl (C=O) groups excluding carboxylic acids is 2. The molecule has 162 valence electrons. The number of morpholine rings is 1. The average Bonchev–Trinajstić information content (AvgIpc) is 3.17. The average molecular weight is 436 g/mol. The van der Waals surface area contributed by atoms with Crippen LogP contribution in [0.5, 0.6) is 0 Å². The van der Waals surface area contributed by atoms with E-state index >= 15 is 0 Å². The van der Waals surface area contributed by atoms with Crippen molar-refractivity contribution < 1.29 is 23.5 Å². The highest BCUT2D eigenvalue weighted by Gasteiger charge is 2.22. The molecule has 3 rings (SSSR count). The minimum Gasteiger partial charge on any atom is -0.465 e. The summed E-state index contributed by atoms with van der Waals surface area (Å²) in [6.07, 6.45) is 0.939. The van der Waals surface area contributed by atoms with Gasteiger partial charge in [0, 0.05) is 24.0 Å². The summed E-state index contributed by atoms with van der Waals surface area (Å²) in [6.45, 7) is 5.29. The van der Waals surface area contributed by atoms with Crippen LogP contribution >= 0.6 is 11.3 Å². The van der Waals surface area contributed by atoms with E-state index < -0.39 is 5.97 Å². The largest absolute Gasteiger partial charge is 0.465 e. The number of nitrogens with one attached hydrogen (secondary N) is 2. The van der Waals surface area contributed by atoms with Crippen molar-refractivity contribution >= 4 is 28.2 Å². The number of amides is 1. The number of carbonyl (C=O) groups is 2. The van der Waals surface area contributed by atoms with Gasteiger partial charge in [-0.1, -0.05) is 12.1 Å². The van der Waals surface area contributed by atoms with Crippen LogP contribution in [0, 0.1) is 5.82 Å². The first-order chi connectivity index (χ1) is 14.6. The van der Waals surface area contributed by atoms with Gasteiger partial charge in [-0.25, -0.2) is 9.18 Å². The van der Waals surface area contributed by atoms with Gasteiger partial charge in [-0.05, 0) is 37.2 Å².